The monoisotopic (exact) mass is 429 g/mol. The Morgan fingerprint density at radius 3 is 2.48 bits per heavy atom. The smallest absolute Gasteiger partial charge is 0.275 e. The van der Waals surface area contributed by atoms with Gasteiger partial charge in [0.05, 0.1) is 11.4 Å². The molecular formula is C21H23N3O3S2. The fourth-order valence-corrected chi connectivity index (χ4v) is 4.44. The second kappa shape index (κ2) is 8.34. The highest BCUT2D eigenvalue weighted by atomic mass is 32.2. The van der Waals surface area contributed by atoms with Crippen molar-refractivity contribution in [2.24, 2.45) is 0 Å². The number of aromatic nitrogens is 1. The van der Waals surface area contributed by atoms with E-state index in [0.29, 0.717) is 22.6 Å². The van der Waals surface area contributed by atoms with Crippen LogP contribution in [-0.2, 0) is 10.0 Å². The summed E-state index contributed by atoms with van der Waals surface area (Å²) in [6.45, 7) is 7.43. The van der Waals surface area contributed by atoms with E-state index < -0.39 is 10.0 Å². The first kappa shape index (κ1) is 21.0. The molecule has 6 nitrogen and oxygen atoms in total. The van der Waals surface area contributed by atoms with Gasteiger partial charge in [0.25, 0.3) is 5.91 Å². The normalized spacial score (nSPS) is 11.3. The van der Waals surface area contributed by atoms with Gasteiger partial charge in [0.1, 0.15) is 10.7 Å². The van der Waals surface area contributed by atoms with Gasteiger partial charge in [0.2, 0.25) is 10.0 Å². The number of carbonyl (C=O) groups is 1. The van der Waals surface area contributed by atoms with Gasteiger partial charge in [-0.25, -0.2) is 13.4 Å². The van der Waals surface area contributed by atoms with Crippen LogP contribution in [0.2, 0.25) is 0 Å². The van der Waals surface area contributed by atoms with Crippen molar-refractivity contribution in [3.8, 4) is 10.6 Å². The molecule has 0 saturated heterocycles. The van der Waals surface area contributed by atoms with Crippen LogP contribution in [0, 0.1) is 20.8 Å². The molecule has 0 aliphatic rings. The van der Waals surface area contributed by atoms with E-state index in [-0.39, 0.29) is 11.7 Å². The molecule has 0 saturated carbocycles. The minimum Gasteiger partial charge on any atom is -0.321 e. The molecule has 2 N–H and O–H groups in total. The lowest BCUT2D eigenvalue weighted by Crippen LogP contribution is -2.16. The van der Waals surface area contributed by atoms with Crippen molar-refractivity contribution in [2.75, 3.05) is 15.8 Å². The summed E-state index contributed by atoms with van der Waals surface area (Å²) in [5, 5.41) is 5.36. The average molecular weight is 430 g/mol. The Balaban J connectivity index is 1.76. The number of carbonyl (C=O) groups excluding carboxylic acids is 1. The number of thiazole rings is 1. The summed E-state index contributed by atoms with van der Waals surface area (Å²) >= 11 is 1.43. The molecule has 0 spiro atoms. The lowest BCUT2D eigenvalue weighted by atomic mass is 10.1. The summed E-state index contributed by atoms with van der Waals surface area (Å²) in [4.78, 5) is 17.1. The third-order valence-corrected chi connectivity index (χ3v) is 6.65. The van der Waals surface area contributed by atoms with Gasteiger partial charge in [-0.15, -0.1) is 11.3 Å². The van der Waals surface area contributed by atoms with Gasteiger partial charge >= 0.3 is 0 Å². The molecule has 1 amide bonds. The molecule has 29 heavy (non-hydrogen) atoms. The lowest BCUT2D eigenvalue weighted by Gasteiger charge is -2.11. The number of hydrogen-bond donors (Lipinski definition) is 2. The van der Waals surface area contributed by atoms with Crippen molar-refractivity contribution in [3.05, 3.63) is 64.2 Å². The van der Waals surface area contributed by atoms with Crippen LogP contribution >= 0.6 is 11.3 Å². The van der Waals surface area contributed by atoms with Crippen molar-refractivity contribution < 1.29 is 13.2 Å². The van der Waals surface area contributed by atoms with E-state index in [1.54, 1.807) is 37.4 Å². The first-order valence-corrected chi connectivity index (χ1v) is 11.7. The predicted molar refractivity (Wildman–Crippen MR) is 119 cm³/mol. The number of amides is 1. The van der Waals surface area contributed by atoms with Crippen LogP contribution in [0.4, 0.5) is 11.4 Å². The second-order valence-corrected chi connectivity index (χ2v) is 9.71. The third kappa shape index (κ3) is 5.02. The molecule has 0 atom stereocenters. The Kier molecular flexibility index (Phi) is 6.04. The molecule has 0 bridgehead atoms. The maximum Gasteiger partial charge on any atom is 0.275 e. The van der Waals surface area contributed by atoms with Crippen LogP contribution in [0.15, 0.2) is 41.8 Å². The first-order chi connectivity index (χ1) is 13.7. The van der Waals surface area contributed by atoms with E-state index in [1.807, 2.05) is 26.0 Å². The van der Waals surface area contributed by atoms with Gasteiger partial charge in [0.15, 0.2) is 0 Å². The van der Waals surface area contributed by atoms with Crippen LogP contribution in [-0.4, -0.2) is 25.1 Å². The van der Waals surface area contributed by atoms with E-state index >= 15 is 0 Å². The molecular weight excluding hydrogens is 406 g/mol. The maximum absolute atomic E-state index is 12.6. The van der Waals surface area contributed by atoms with Crippen LogP contribution in [0.3, 0.4) is 0 Å². The number of rotatable bonds is 6. The van der Waals surface area contributed by atoms with E-state index in [4.69, 9.17) is 0 Å². The number of hydrogen-bond acceptors (Lipinski definition) is 5. The van der Waals surface area contributed by atoms with Gasteiger partial charge < -0.3 is 5.32 Å². The number of nitrogens with zero attached hydrogens (tertiary/aromatic N) is 1. The van der Waals surface area contributed by atoms with Crippen molar-refractivity contribution >= 4 is 38.6 Å². The highest BCUT2D eigenvalue weighted by Gasteiger charge is 2.15. The van der Waals surface area contributed by atoms with Gasteiger partial charge in [-0.1, -0.05) is 23.8 Å². The number of benzene rings is 2. The van der Waals surface area contributed by atoms with Crippen molar-refractivity contribution in [1.82, 2.24) is 4.98 Å². The minimum atomic E-state index is -3.35. The maximum atomic E-state index is 12.6. The quantitative estimate of drug-likeness (QED) is 0.592. The Hall–Kier alpha value is -2.71. The summed E-state index contributed by atoms with van der Waals surface area (Å²) in [6, 6.07) is 11.2. The summed E-state index contributed by atoms with van der Waals surface area (Å²) < 4.78 is 26.0. The lowest BCUT2D eigenvalue weighted by molar-refractivity contribution is 0.102. The number of anilines is 2. The fraction of sp³-hybridized carbons (Fsp3) is 0.238. The Labute approximate surface area is 175 Å². The first-order valence-electron chi connectivity index (χ1n) is 9.14. The summed E-state index contributed by atoms with van der Waals surface area (Å²) in [5.74, 6) is -0.309. The highest BCUT2D eigenvalue weighted by molar-refractivity contribution is 7.92. The molecule has 0 aliphatic carbocycles. The Morgan fingerprint density at radius 1 is 1.07 bits per heavy atom. The van der Waals surface area contributed by atoms with Crippen LogP contribution in [0.1, 0.15) is 34.1 Å². The van der Waals surface area contributed by atoms with Gasteiger partial charge in [-0.3, -0.25) is 9.52 Å². The van der Waals surface area contributed by atoms with E-state index in [2.05, 4.69) is 21.1 Å². The molecule has 3 aromatic rings. The van der Waals surface area contributed by atoms with Gasteiger partial charge in [-0.2, -0.15) is 0 Å². The van der Waals surface area contributed by atoms with Crippen LogP contribution in [0.25, 0.3) is 10.6 Å². The molecule has 2 aromatic carbocycles. The standard InChI is InChI=1S/C21H23N3O3S2/c1-5-29(26,27)24-18-9-7-16(11-15(18)4)22-20(25)19-12-28-21(23-19)17-8-6-13(2)10-14(17)3/h6-12,24H,5H2,1-4H3,(H,22,25). The minimum absolute atomic E-state index is 0.00244. The summed E-state index contributed by atoms with van der Waals surface area (Å²) in [6.07, 6.45) is 0. The molecule has 0 unspecified atom stereocenters. The zero-order chi connectivity index (χ0) is 21.2. The van der Waals surface area contributed by atoms with Gasteiger partial charge in [0, 0.05) is 16.6 Å². The summed E-state index contributed by atoms with van der Waals surface area (Å²) in [5.41, 5.74) is 5.45. The van der Waals surface area contributed by atoms with E-state index in [0.717, 1.165) is 16.1 Å². The predicted octanol–water partition coefficient (Wildman–Crippen LogP) is 4.75. The molecule has 0 fully saturated rings. The number of sulfonamides is 1. The molecule has 3 rings (SSSR count). The highest BCUT2D eigenvalue weighted by Crippen LogP contribution is 2.28. The third-order valence-electron chi connectivity index (χ3n) is 4.48. The Bertz CT molecular complexity index is 1170. The average Bonchev–Trinajstić information content (AvgIpc) is 3.14. The fourth-order valence-electron chi connectivity index (χ4n) is 2.85. The zero-order valence-corrected chi connectivity index (χ0v) is 18.4. The number of nitrogens with one attached hydrogen (secondary N) is 2. The zero-order valence-electron chi connectivity index (χ0n) is 16.7. The van der Waals surface area contributed by atoms with Gasteiger partial charge in [-0.05, 0) is 57.0 Å². The topological polar surface area (TPSA) is 88.2 Å². The van der Waals surface area contributed by atoms with Crippen molar-refractivity contribution in [3.63, 3.8) is 0 Å². The molecule has 152 valence electrons. The van der Waals surface area contributed by atoms with E-state index in [9.17, 15) is 13.2 Å². The largest absolute Gasteiger partial charge is 0.321 e. The van der Waals surface area contributed by atoms with Crippen molar-refractivity contribution in [2.45, 2.75) is 27.7 Å². The summed E-state index contributed by atoms with van der Waals surface area (Å²) in [7, 11) is -3.35. The SMILES string of the molecule is CCS(=O)(=O)Nc1ccc(NC(=O)c2csc(-c3ccc(C)cc3C)n2)cc1C. The molecule has 0 aliphatic heterocycles. The number of aryl methyl sites for hydroxylation is 3. The van der Waals surface area contributed by atoms with Crippen LogP contribution in [0.5, 0.6) is 0 Å². The van der Waals surface area contributed by atoms with E-state index in [1.165, 1.54) is 16.9 Å². The van der Waals surface area contributed by atoms with Crippen LogP contribution < -0.4 is 10.0 Å². The second-order valence-electron chi connectivity index (χ2n) is 6.85. The van der Waals surface area contributed by atoms with Crippen molar-refractivity contribution in [1.29, 1.82) is 0 Å². The molecule has 1 heterocycles. The molecule has 8 heteroatoms. The molecule has 1 aromatic heterocycles. The molecule has 0 radical (unpaired) electrons. The Morgan fingerprint density at radius 2 is 1.83 bits per heavy atom.